The maximum Gasteiger partial charge on any atom is 0.234 e. The summed E-state index contributed by atoms with van der Waals surface area (Å²) in [6.45, 7) is 0. The minimum absolute atomic E-state index is 0.771. The lowest BCUT2D eigenvalue weighted by atomic mass is 10.1. The van der Waals surface area contributed by atoms with Crippen LogP contribution in [0.15, 0.2) is 65.6 Å². The Morgan fingerprint density at radius 1 is 0.875 bits per heavy atom. The van der Waals surface area contributed by atoms with Crippen molar-refractivity contribution >= 4 is 28.1 Å². The largest absolute Gasteiger partial charge is 0.234 e. The smallest absolute Gasteiger partial charge is 0.186 e. The van der Waals surface area contributed by atoms with Crippen LogP contribution in [0.2, 0.25) is 0 Å². The van der Waals surface area contributed by atoms with Crippen LogP contribution >= 0.6 is 23.1 Å². The standard InChI is InChI=1S/C18H16N4S2/c1-3-7-14(8-4-1)11-12-17-21-22-16(19-20-18(22)24-17)13-23-15-9-5-2-6-10-15/h1-10H,11-13H2. The second kappa shape index (κ2) is 7.15. The molecule has 0 fully saturated rings. The fraction of sp³-hybridized carbons (Fsp3) is 0.167. The summed E-state index contributed by atoms with van der Waals surface area (Å²) in [5.41, 5.74) is 1.34. The summed E-state index contributed by atoms with van der Waals surface area (Å²) in [6, 6.07) is 20.8. The highest BCUT2D eigenvalue weighted by molar-refractivity contribution is 7.98. The number of hydrogen-bond donors (Lipinski definition) is 0. The number of aromatic nitrogens is 4. The molecule has 0 unspecified atom stereocenters. The van der Waals surface area contributed by atoms with E-state index in [-0.39, 0.29) is 0 Å². The Bertz CT molecular complexity index is 916. The molecule has 0 saturated carbocycles. The molecular weight excluding hydrogens is 336 g/mol. The molecule has 0 spiro atoms. The number of rotatable bonds is 6. The minimum atomic E-state index is 0.771. The van der Waals surface area contributed by atoms with Crippen molar-refractivity contribution < 1.29 is 0 Å². The number of fused-ring (bicyclic) bond motifs is 1. The van der Waals surface area contributed by atoms with Crippen LogP contribution < -0.4 is 0 Å². The third-order valence-electron chi connectivity index (χ3n) is 3.68. The van der Waals surface area contributed by atoms with Crippen LogP contribution in [0.4, 0.5) is 0 Å². The van der Waals surface area contributed by atoms with E-state index in [1.807, 2.05) is 28.8 Å². The summed E-state index contributed by atoms with van der Waals surface area (Å²) in [6.07, 6.45) is 1.93. The fourth-order valence-electron chi connectivity index (χ4n) is 2.45. The molecule has 0 aliphatic carbocycles. The molecule has 2 heterocycles. The van der Waals surface area contributed by atoms with Gasteiger partial charge in [0.05, 0.1) is 5.75 Å². The van der Waals surface area contributed by atoms with Crippen molar-refractivity contribution in [2.75, 3.05) is 0 Å². The zero-order valence-corrected chi connectivity index (χ0v) is 14.6. The average Bonchev–Trinajstić information content (AvgIpc) is 3.20. The molecule has 2 aromatic heterocycles. The highest BCUT2D eigenvalue weighted by Gasteiger charge is 2.12. The topological polar surface area (TPSA) is 43.1 Å². The van der Waals surface area contributed by atoms with Gasteiger partial charge in [-0.15, -0.1) is 22.0 Å². The molecule has 0 N–H and O–H groups in total. The van der Waals surface area contributed by atoms with Gasteiger partial charge in [0.25, 0.3) is 0 Å². The van der Waals surface area contributed by atoms with Crippen LogP contribution in [-0.2, 0) is 18.6 Å². The predicted molar refractivity (Wildman–Crippen MR) is 98.5 cm³/mol. The lowest BCUT2D eigenvalue weighted by molar-refractivity contribution is 0.828. The number of benzene rings is 2. The second-order valence-corrected chi connectivity index (χ2v) is 7.48. The van der Waals surface area contributed by atoms with Crippen molar-refractivity contribution in [2.45, 2.75) is 23.5 Å². The quantitative estimate of drug-likeness (QED) is 0.486. The zero-order chi connectivity index (χ0) is 16.2. The van der Waals surface area contributed by atoms with Gasteiger partial charge in [0.15, 0.2) is 5.82 Å². The van der Waals surface area contributed by atoms with Crippen molar-refractivity contribution in [2.24, 2.45) is 0 Å². The van der Waals surface area contributed by atoms with Gasteiger partial charge in [-0.3, -0.25) is 0 Å². The van der Waals surface area contributed by atoms with Crippen LogP contribution in [0.1, 0.15) is 16.4 Å². The Labute approximate surface area is 148 Å². The molecule has 0 aliphatic rings. The molecule has 6 heteroatoms. The second-order valence-electron chi connectivity index (χ2n) is 5.39. The van der Waals surface area contributed by atoms with E-state index in [0.717, 1.165) is 34.4 Å². The molecule has 0 amide bonds. The molecule has 0 bridgehead atoms. The summed E-state index contributed by atoms with van der Waals surface area (Å²) >= 11 is 3.38. The molecule has 0 saturated heterocycles. The Morgan fingerprint density at radius 2 is 1.62 bits per heavy atom. The molecule has 0 radical (unpaired) electrons. The molecule has 24 heavy (non-hydrogen) atoms. The molecule has 4 nitrogen and oxygen atoms in total. The third-order valence-corrected chi connectivity index (χ3v) is 5.65. The van der Waals surface area contributed by atoms with E-state index in [0.29, 0.717) is 0 Å². The first-order valence-electron chi connectivity index (χ1n) is 7.80. The van der Waals surface area contributed by atoms with Gasteiger partial charge >= 0.3 is 0 Å². The molecular formula is C18H16N4S2. The maximum atomic E-state index is 4.70. The van der Waals surface area contributed by atoms with Gasteiger partial charge < -0.3 is 0 Å². The molecule has 4 aromatic rings. The van der Waals surface area contributed by atoms with E-state index in [4.69, 9.17) is 5.10 Å². The van der Waals surface area contributed by atoms with Crippen LogP contribution in [0.3, 0.4) is 0 Å². The SMILES string of the molecule is c1ccc(CCc2nn3c(CSc4ccccc4)nnc3s2)cc1. The maximum absolute atomic E-state index is 4.70. The van der Waals surface area contributed by atoms with E-state index >= 15 is 0 Å². The fourth-order valence-corrected chi connectivity index (χ4v) is 4.13. The van der Waals surface area contributed by atoms with Gasteiger partial charge in [0.1, 0.15) is 5.01 Å². The van der Waals surface area contributed by atoms with Crippen LogP contribution in [0, 0.1) is 0 Å². The first-order valence-corrected chi connectivity index (χ1v) is 9.60. The number of aryl methyl sites for hydroxylation is 2. The third kappa shape index (κ3) is 3.49. The Kier molecular flexibility index (Phi) is 4.57. The molecule has 4 rings (SSSR count). The lowest BCUT2D eigenvalue weighted by Gasteiger charge is -1.99. The summed E-state index contributed by atoms with van der Waals surface area (Å²) < 4.78 is 1.89. The van der Waals surface area contributed by atoms with E-state index in [1.54, 1.807) is 23.1 Å². The van der Waals surface area contributed by atoms with E-state index in [1.165, 1.54) is 10.5 Å². The molecule has 0 atom stereocenters. The summed E-state index contributed by atoms with van der Waals surface area (Å²) in [4.78, 5) is 2.11. The summed E-state index contributed by atoms with van der Waals surface area (Å²) in [7, 11) is 0. The zero-order valence-electron chi connectivity index (χ0n) is 13.0. The Balaban J connectivity index is 1.45. The van der Waals surface area contributed by atoms with Gasteiger partial charge in [-0.2, -0.15) is 9.61 Å². The summed E-state index contributed by atoms with van der Waals surface area (Å²) in [5, 5.41) is 14.3. The van der Waals surface area contributed by atoms with Gasteiger partial charge in [0.2, 0.25) is 4.96 Å². The summed E-state index contributed by atoms with van der Waals surface area (Å²) in [5.74, 6) is 1.67. The normalized spacial score (nSPS) is 11.2. The Morgan fingerprint density at radius 3 is 2.42 bits per heavy atom. The van der Waals surface area contributed by atoms with E-state index < -0.39 is 0 Å². The van der Waals surface area contributed by atoms with Gasteiger partial charge in [-0.1, -0.05) is 59.9 Å². The number of hydrogen-bond acceptors (Lipinski definition) is 5. The lowest BCUT2D eigenvalue weighted by Crippen LogP contribution is -1.96. The minimum Gasteiger partial charge on any atom is -0.186 e. The van der Waals surface area contributed by atoms with E-state index in [2.05, 4.69) is 46.6 Å². The first kappa shape index (κ1) is 15.4. The monoisotopic (exact) mass is 352 g/mol. The Hall–Kier alpha value is -2.18. The van der Waals surface area contributed by atoms with Crippen molar-refractivity contribution in [3.63, 3.8) is 0 Å². The number of nitrogens with zero attached hydrogens (tertiary/aromatic N) is 4. The van der Waals surface area contributed by atoms with Gasteiger partial charge in [-0.05, 0) is 24.1 Å². The van der Waals surface area contributed by atoms with Crippen molar-refractivity contribution in [1.29, 1.82) is 0 Å². The van der Waals surface area contributed by atoms with Gasteiger partial charge in [0, 0.05) is 11.3 Å². The highest BCUT2D eigenvalue weighted by atomic mass is 32.2. The van der Waals surface area contributed by atoms with Crippen LogP contribution in [0.5, 0.6) is 0 Å². The van der Waals surface area contributed by atoms with Crippen molar-refractivity contribution in [3.05, 3.63) is 77.1 Å². The van der Waals surface area contributed by atoms with E-state index in [9.17, 15) is 0 Å². The molecule has 0 aliphatic heterocycles. The predicted octanol–water partition coefficient (Wildman–Crippen LogP) is 4.26. The average molecular weight is 352 g/mol. The van der Waals surface area contributed by atoms with Crippen molar-refractivity contribution in [3.8, 4) is 0 Å². The van der Waals surface area contributed by atoms with Crippen LogP contribution in [0.25, 0.3) is 4.96 Å². The molecule has 120 valence electrons. The first-order chi connectivity index (χ1) is 11.9. The van der Waals surface area contributed by atoms with Crippen molar-refractivity contribution in [1.82, 2.24) is 19.8 Å². The van der Waals surface area contributed by atoms with Crippen LogP contribution in [-0.4, -0.2) is 19.8 Å². The van der Waals surface area contributed by atoms with Gasteiger partial charge in [-0.25, -0.2) is 0 Å². The highest BCUT2D eigenvalue weighted by Crippen LogP contribution is 2.23. The molecule has 2 aromatic carbocycles. The number of thioether (sulfide) groups is 1.